The molecule has 0 aliphatic carbocycles. The van der Waals surface area contributed by atoms with Crippen LogP contribution >= 0.6 is 11.6 Å². The number of piperidine rings is 1. The molecule has 4 rings (SSSR count). The first-order chi connectivity index (χ1) is 13.1. The molecular weight excluding hydrogens is 364 g/mol. The first kappa shape index (κ1) is 17.9. The number of fused-ring (bicyclic) bond motifs is 2. The van der Waals surface area contributed by atoms with E-state index in [1.54, 1.807) is 25.3 Å². The number of amides is 2. The van der Waals surface area contributed by atoms with E-state index < -0.39 is 5.92 Å². The Balaban J connectivity index is 1.72. The van der Waals surface area contributed by atoms with Gasteiger partial charge in [0, 0.05) is 23.2 Å². The topological polar surface area (TPSA) is 58.6 Å². The van der Waals surface area contributed by atoms with Gasteiger partial charge in [0.2, 0.25) is 5.91 Å². The summed E-state index contributed by atoms with van der Waals surface area (Å²) in [6.07, 6.45) is 2.81. The van der Waals surface area contributed by atoms with Crippen molar-refractivity contribution in [2.45, 2.75) is 31.2 Å². The average Bonchev–Trinajstić information content (AvgIpc) is 2.68. The second kappa shape index (κ2) is 7.24. The summed E-state index contributed by atoms with van der Waals surface area (Å²) >= 11 is 6.09. The Morgan fingerprint density at radius 1 is 1.22 bits per heavy atom. The molecule has 27 heavy (non-hydrogen) atoms. The van der Waals surface area contributed by atoms with E-state index in [2.05, 4.69) is 5.32 Å². The van der Waals surface area contributed by atoms with Crippen LogP contribution in [0.5, 0.6) is 5.75 Å². The molecule has 140 valence electrons. The zero-order valence-corrected chi connectivity index (χ0v) is 15.8. The number of hydrogen-bond donors (Lipinski definition) is 1. The van der Waals surface area contributed by atoms with Crippen molar-refractivity contribution in [3.8, 4) is 5.75 Å². The molecule has 2 aromatic rings. The zero-order chi connectivity index (χ0) is 19.0. The summed E-state index contributed by atoms with van der Waals surface area (Å²) in [7, 11) is 1.55. The van der Waals surface area contributed by atoms with Crippen molar-refractivity contribution in [2.24, 2.45) is 0 Å². The minimum absolute atomic E-state index is 0.0275. The Labute approximate surface area is 163 Å². The van der Waals surface area contributed by atoms with E-state index in [-0.39, 0.29) is 17.9 Å². The number of carbonyl (C=O) groups excluding carboxylic acids is 2. The number of carbonyl (C=O) groups is 2. The number of nitrogens with one attached hydrogen (secondary N) is 1. The van der Waals surface area contributed by atoms with Crippen molar-refractivity contribution in [3.63, 3.8) is 0 Å². The lowest BCUT2D eigenvalue weighted by molar-refractivity contribution is -0.119. The summed E-state index contributed by atoms with van der Waals surface area (Å²) in [6.45, 7) is 0.697. The van der Waals surface area contributed by atoms with Crippen molar-refractivity contribution < 1.29 is 14.3 Å². The SMILES string of the molecule is COc1ccc(Cl)cc1NC(=O)C1c2ccccc2C(=O)N2CCCCC12. The molecule has 0 saturated carbocycles. The third-order valence-corrected chi connectivity index (χ3v) is 5.66. The Morgan fingerprint density at radius 3 is 2.85 bits per heavy atom. The lowest BCUT2D eigenvalue weighted by atomic mass is 9.78. The molecule has 5 nitrogen and oxygen atoms in total. The molecule has 2 unspecified atom stereocenters. The van der Waals surface area contributed by atoms with Gasteiger partial charge in [0.25, 0.3) is 5.91 Å². The number of anilines is 1. The standard InChI is InChI=1S/C21H21ClN2O3/c1-27-18-10-9-13(22)12-16(18)23-20(25)19-14-6-2-3-7-15(14)21(26)24-11-5-4-8-17(19)24/h2-3,6-7,9-10,12,17,19H,4-5,8,11H2,1H3,(H,23,25). The number of methoxy groups -OCH3 is 1. The van der Waals surface area contributed by atoms with Gasteiger partial charge in [0.15, 0.2) is 0 Å². The van der Waals surface area contributed by atoms with Crippen LogP contribution < -0.4 is 10.1 Å². The van der Waals surface area contributed by atoms with Crippen molar-refractivity contribution in [2.75, 3.05) is 19.0 Å². The molecule has 2 aliphatic rings. The van der Waals surface area contributed by atoms with E-state index in [4.69, 9.17) is 16.3 Å². The Kier molecular flexibility index (Phi) is 4.79. The van der Waals surface area contributed by atoms with E-state index >= 15 is 0 Å². The molecule has 1 fully saturated rings. The number of benzene rings is 2. The second-order valence-electron chi connectivity index (χ2n) is 6.96. The monoisotopic (exact) mass is 384 g/mol. The van der Waals surface area contributed by atoms with E-state index in [0.29, 0.717) is 28.6 Å². The second-order valence-corrected chi connectivity index (χ2v) is 7.40. The first-order valence-electron chi connectivity index (χ1n) is 9.14. The molecule has 2 amide bonds. The molecule has 6 heteroatoms. The van der Waals surface area contributed by atoms with Crippen LogP contribution in [-0.2, 0) is 4.79 Å². The van der Waals surface area contributed by atoms with Gasteiger partial charge in [0.1, 0.15) is 5.75 Å². The van der Waals surface area contributed by atoms with Gasteiger partial charge < -0.3 is 15.0 Å². The normalized spacial score (nSPS) is 21.3. The maximum atomic E-state index is 13.3. The van der Waals surface area contributed by atoms with Crippen LogP contribution in [0, 0.1) is 0 Å². The van der Waals surface area contributed by atoms with Gasteiger partial charge >= 0.3 is 0 Å². The molecule has 2 atom stereocenters. The summed E-state index contributed by atoms with van der Waals surface area (Å²) in [5.74, 6) is 0.0170. The summed E-state index contributed by atoms with van der Waals surface area (Å²) in [5.41, 5.74) is 1.95. The molecule has 2 aliphatic heterocycles. The van der Waals surface area contributed by atoms with E-state index in [1.807, 2.05) is 29.2 Å². The lowest BCUT2D eigenvalue weighted by Gasteiger charge is -2.44. The number of ether oxygens (including phenoxy) is 1. The molecular formula is C21H21ClN2O3. The number of nitrogens with zero attached hydrogens (tertiary/aromatic N) is 1. The number of halogens is 1. The fraction of sp³-hybridized carbons (Fsp3) is 0.333. The van der Waals surface area contributed by atoms with Gasteiger partial charge in [0.05, 0.1) is 18.7 Å². The first-order valence-corrected chi connectivity index (χ1v) is 9.52. The molecule has 1 saturated heterocycles. The van der Waals surface area contributed by atoms with Crippen molar-refractivity contribution in [1.29, 1.82) is 0 Å². The summed E-state index contributed by atoms with van der Waals surface area (Å²) in [6, 6.07) is 12.4. The highest BCUT2D eigenvalue weighted by atomic mass is 35.5. The van der Waals surface area contributed by atoms with Gasteiger partial charge in [-0.25, -0.2) is 0 Å². The minimum atomic E-state index is -0.414. The third kappa shape index (κ3) is 3.16. The Hall–Kier alpha value is -2.53. The minimum Gasteiger partial charge on any atom is -0.495 e. The van der Waals surface area contributed by atoms with E-state index in [0.717, 1.165) is 24.8 Å². The van der Waals surface area contributed by atoms with Crippen molar-refractivity contribution in [1.82, 2.24) is 4.90 Å². The molecule has 0 radical (unpaired) electrons. The predicted octanol–water partition coefficient (Wildman–Crippen LogP) is 4.08. The highest BCUT2D eigenvalue weighted by Crippen LogP contribution is 2.39. The van der Waals surface area contributed by atoms with Crippen LogP contribution in [0.2, 0.25) is 5.02 Å². The summed E-state index contributed by atoms with van der Waals surface area (Å²) < 4.78 is 5.34. The number of rotatable bonds is 3. The Bertz CT molecular complexity index is 899. The average molecular weight is 385 g/mol. The van der Waals surface area contributed by atoms with E-state index in [1.165, 1.54) is 0 Å². The molecule has 2 aromatic carbocycles. The fourth-order valence-electron chi connectivity index (χ4n) is 4.19. The largest absolute Gasteiger partial charge is 0.495 e. The van der Waals surface area contributed by atoms with Crippen LogP contribution in [-0.4, -0.2) is 36.4 Å². The zero-order valence-electron chi connectivity index (χ0n) is 15.1. The van der Waals surface area contributed by atoms with Gasteiger partial charge in [-0.1, -0.05) is 29.8 Å². The van der Waals surface area contributed by atoms with Gasteiger partial charge in [-0.2, -0.15) is 0 Å². The smallest absolute Gasteiger partial charge is 0.254 e. The van der Waals surface area contributed by atoms with Crippen LogP contribution in [0.15, 0.2) is 42.5 Å². The quantitative estimate of drug-likeness (QED) is 0.867. The fourth-order valence-corrected chi connectivity index (χ4v) is 4.36. The summed E-state index contributed by atoms with van der Waals surface area (Å²) in [5, 5.41) is 3.49. The van der Waals surface area contributed by atoms with Gasteiger partial charge in [-0.15, -0.1) is 0 Å². The third-order valence-electron chi connectivity index (χ3n) is 5.42. The maximum Gasteiger partial charge on any atom is 0.254 e. The van der Waals surface area contributed by atoms with Crippen LogP contribution in [0.1, 0.15) is 41.1 Å². The van der Waals surface area contributed by atoms with Crippen molar-refractivity contribution >= 4 is 29.1 Å². The highest BCUT2D eigenvalue weighted by molar-refractivity contribution is 6.31. The summed E-state index contributed by atoms with van der Waals surface area (Å²) in [4.78, 5) is 28.1. The predicted molar refractivity (Wildman–Crippen MR) is 104 cm³/mol. The Morgan fingerprint density at radius 2 is 2.04 bits per heavy atom. The molecule has 0 spiro atoms. The molecule has 1 N–H and O–H groups in total. The van der Waals surface area contributed by atoms with Crippen LogP contribution in [0.3, 0.4) is 0 Å². The lowest BCUT2D eigenvalue weighted by Crippen LogP contribution is -2.53. The van der Waals surface area contributed by atoms with Crippen LogP contribution in [0.25, 0.3) is 0 Å². The highest BCUT2D eigenvalue weighted by Gasteiger charge is 2.44. The maximum absolute atomic E-state index is 13.3. The van der Waals surface area contributed by atoms with Gasteiger partial charge in [-0.05, 0) is 49.1 Å². The number of hydrogen-bond acceptors (Lipinski definition) is 3. The van der Waals surface area contributed by atoms with Crippen LogP contribution in [0.4, 0.5) is 5.69 Å². The molecule has 0 bridgehead atoms. The van der Waals surface area contributed by atoms with E-state index in [9.17, 15) is 9.59 Å². The van der Waals surface area contributed by atoms with Gasteiger partial charge in [-0.3, -0.25) is 9.59 Å². The molecule has 0 aromatic heterocycles. The van der Waals surface area contributed by atoms with Crippen molar-refractivity contribution in [3.05, 3.63) is 58.6 Å². The molecule has 2 heterocycles.